The Bertz CT molecular complexity index is 695. The van der Waals surface area contributed by atoms with Gasteiger partial charge in [-0.3, -0.25) is 4.79 Å². The standard InChI is InChI=1S/C19H21NO4/c1-3-14(12-16-10-7-11-23-16)18(21)20-13(2)17(24-19(20)22)15-8-5-4-6-9-15/h4-11,13-14,17H,3,12H2,1-2H3. The van der Waals surface area contributed by atoms with E-state index in [0.29, 0.717) is 12.8 Å². The van der Waals surface area contributed by atoms with E-state index in [2.05, 4.69) is 0 Å². The number of carbonyl (C=O) groups is 2. The van der Waals surface area contributed by atoms with Crippen molar-refractivity contribution in [1.29, 1.82) is 0 Å². The summed E-state index contributed by atoms with van der Waals surface area (Å²) in [5, 5.41) is 0. The van der Waals surface area contributed by atoms with Gasteiger partial charge in [0.1, 0.15) is 11.9 Å². The van der Waals surface area contributed by atoms with Gasteiger partial charge in [0.25, 0.3) is 0 Å². The minimum atomic E-state index is -0.570. The molecule has 0 radical (unpaired) electrons. The van der Waals surface area contributed by atoms with E-state index < -0.39 is 12.2 Å². The molecule has 1 aromatic carbocycles. The lowest BCUT2D eigenvalue weighted by Crippen LogP contribution is -2.42. The fourth-order valence-electron chi connectivity index (χ4n) is 3.12. The van der Waals surface area contributed by atoms with Crippen LogP contribution >= 0.6 is 0 Å². The fourth-order valence-corrected chi connectivity index (χ4v) is 3.12. The van der Waals surface area contributed by atoms with E-state index in [9.17, 15) is 9.59 Å². The van der Waals surface area contributed by atoms with Crippen LogP contribution in [0.1, 0.15) is 37.7 Å². The predicted octanol–water partition coefficient (Wildman–Crippen LogP) is 3.96. The molecule has 126 valence electrons. The van der Waals surface area contributed by atoms with Crippen LogP contribution in [-0.2, 0) is 16.0 Å². The highest BCUT2D eigenvalue weighted by Crippen LogP contribution is 2.33. The summed E-state index contributed by atoms with van der Waals surface area (Å²) in [6, 6.07) is 12.8. The number of imide groups is 1. The second kappa shape index (κ2) is 6.91. The molecule has 0 aliphatic carbocycles. The number of amides is 2. The summed E-state index contributed by atoms with van der Waals surface area (Å²) in [4.78, 5) is 26.4. The van der Waals surface area contributed by atoms with Crippen molar-refractivity contribution in [3.8, 4) is 0 Å². The molecule has 3 unspecified atom stereocenters. The number of benzene rings is 1. The molecule has 0 bridgehead atoms. The maximum absolute atomic E-state index is 12.9. The molecule has 0 spiro atoms. The average Bonchev–Trinajstić information content (AvgIpc) is 3.21. The number of ether oxygens (including phenoxy) is 1. The monoisotopic (exact) mass is 327 g/mol. The van der Waals surface area contributed by atoms with E-state index in [1.54, 1.807) is 12.3 Å². The van der Waals surface area contributed by atoms with Gasteiger partial charge >= 0.3 is 6.09 Å². The normalized spacial score (nSPS) is 21.6. The third-order valence-electron chi connectivity index (χ3n) is 4.51. The molecule has 0 N–H and O–H groups in total. The molecule has 3 atom stereocenters. The number of hydrogen-bond donors (Lipinski definition) is 0. The number of carbonyl (C=O) groups excluding carboxylic acids is 2. The highest BCUT2D eigenvalue weighted by atomic mass is 16.6. The van der Waals surface area contributed by atoms with Crippen LogP contribution in [0.25, 0.3) is 0 Å². The highest BCUT2D eigenvalue weighted by Gasteiger charge is 2.44. The first kappa shape index (κ1) is 16.3. The van der Waals surface area contributed by atoms with Gasteiger partial charge in [-0.2, -0.15) is 0 Å². The maximum atomic E-state index is 12.9. The van der Waals surface area contributed by atoms with Crippen molar-refractivity contribution in [2.45, 2.75) is 38.8 Å². The van der Waals surface area contributed by atoms with Gasteiger partial charge in [-0.15, -0.1) is 0 Å². The molecular formula is C19H21NO4. The van der Waals surface area contributed by atoms with Gasteiger partial charge in [-0.25, -0.2) is 9.69 Å². The Balaban J connectivity index is 1.77. The van der Waals surface area contributed by atoms with Crippen LogP contribution in [0.2, 0.25) is 0 Å². The molecule has 0 saturated carbocycles. The number of furan rings is 1. The summed E-state index contributed by atoms with van der Waals surface area (Å²) >= 11 is 0. The minimum Gasteiger partial charge on any atom is -0.469 e. The smallest absolute Gasteiger partial charge is 0.417 e. The van der Waals surface area contributed by atoms with Crippen molar-refractivity contribution in [3.05, 3.63) is 60.1 Å². The molecule has 1 aromatic heterocycles. The van der Waals surface area contributed by atoms with Crippen LogP contribution in [0.5, 0.6) is 0 Å². The second-order valence-corrected chi connectivity index (χ2v) is 6.05. The number of cyclic esters (lactones) is 1. The quantitative estimate of drug-likeness (QED) is 0.834. The Hall–Kier alpha value is -2.56. The first-order valence-electron chi connectivity index (χ1n) is 8.22. The predicted molar refractivity (Wildman–Crippen MR) is 88.2 cm³/mol. The van der Waals surface area contributed by atoms with Gasteiger partial charge in [-0.1, -0.05) is 37.3 Å². The van der Waals surface area contributed by atoms with Crippen LogP contribution in [0.15, 0.2) is 53.1 Å². The first-order valence-corrected chi connectivity index (χ1v) is 8.22. The Morgan fingerprint density at radius 3 is 2.58 bits per heavy atom. The van der Waals surface area contributed by atoms with Crippen LogP contribution in [-0.4, -0.2) is 22.9 Å². The van der Waals surface area contributed by atoms with Crippen molar-refractivity contribution in [2.24, 2.45) is 5.92 Å². The van der Waals surface area contributed by atoms with Gasteiger partial charge in [0.05, 0.1) is 12.3 Å². The SMILES string of the molecule is CCC(Cc1ccco1)C(=O)N1C(=O)OC(c2ccccc2)C1C. The Morgan fingerprint density at radius 2 is 1.96 bits per heavy atom. The fraction of sp³-hybridized carbons (Fsp3) is 0.368. The molecule has 2 amide bonds. The molecular weight excluding hydrogens is 306 g/mol. The van der Waals surface area contributed by atoms with Crippen LogP contribution in [0, 0.1) is 5.92 Å². The van der Waals surface area contributed by atoms with Gasteiger partial charge in [0, 0.05) is 12.3 Å². The largest absolute Gasteiger partial charge is 0.469 e. The van der Waals surface area contributed by atoms with Gasteiger partial charge in [0.15, 0.2) is 0 Å². The number of rotatable bonds is 5. The summed E-state index contributed by atoms with van der Waals surface area (Å²) in [5.41, 5.74) is 0.896. The topological polar surface area (TPSA) is 59.8 Å². The van der Waals surface area contributed by atoms with Crippen LogP contribution in [0.3, 0.4) is 0 Å². The maximum Gasteiger partial charge on any atom is 0.417 e. The van der Waals surface area contributed by atoms with Gasteiger partial charge < -0.3 is 9.15 Å². The molecule has 2 heterocycles. The zero-order valence-corrected chi connectivity index (χ0v) is 13.8. The Labute approximate surface area is 141 Å². The molecule has 3 rings (SSSR count). The molecule has 2 aromatic rings. The van der Waals surface area contributed by atoms with E-state index in [-0.39, 0.29) is 17.9 Å². The Morgan fingerprint density at radius 1 is 1.21 bits per heavy atom. The first-order chi connectivity index (χ1) is 11.6. The lowest BCUT2D eigenvalue weighted by atomic mass is 9.97. The molecule has 5 heteroatoms. The van der Waals surface area contributed by atoms with E-state index in [1.807, 2.05) is 50.2 Å². The highest BCUT2D eigenvalue weighted by molar-refractivity contribution is 5.95. The van der Waals surface area contributed by atoms with Crippen molar-refractivity contribution in [2.75, 3.05) is 0 Å². The minimum absolute atomic E-state index is 0.204. The summed E-state index contributed by atoms with van der Waals surface area (Å²) in [6.45, 7) is 3.78. The lowest BCUT2D eigenvalue weighted by molar-refractivity contribution is -0.133. The number of hydrogen-bond acceptors (Lipinski definition) is 4. The molecule has 1 saturated heterocycles. The lowest BCUT2D eigenvalue weighted by Gasteiger charge is -2.23. The molecule has 1 fully saturated rings. The van der Waals surface area contributed by atoms with E-state index in [4.69, 9.17) is 9.15 Å². The second-order valence-electron chi connectivity index (χ2n) is 6.05. The molecule has 1 aliphatic rings. The van der Waals surface area contributed by atoms with Crippen molar-refractivity contribution >= 4 is 12.0 Å². The summed E-state index contributed by atoms with van der Waals surface area (Å²) in [7, 11) is 0. The summed E-state index contributed by atoms with van der Waals surface area (Å²) in [6.07, 6.45) is 1.70. The van der Waals surface area contributed by atoms with Crippen molar-refractivity contribution < 1.29 is 18.7 Å². The van der Waals surface area contributed by atoms with E-state index in [1.165, 1.54) is 4.90 Å². The summed E-state index contributed by atoms with van der Waals surface area (Å²) < 4.78 is 10.8. The van der Waals surface area contributed by atoms with Crippen LogP contribution < -0.4 is 0 Å². The van der Waals surface area contributed by atoms with Crippen molar-refractivity contribution in [1.82, 2.24) is 4.90 Å². The third-order valence-corrected chi connectivity index (χ3v) is 4.51. The molecule has 24 heavy (non-hydrogen) atoms. The van der Waals surface area contributed by atoms with E-state index >= 15 is 0 Å². The zero-order valence-electron chi connectivity index (χ0n) is 13.8. The number of nitrogens with zero attached hydrogens (tertiary/aromatic N) is 1. The molecule has 1 aliphatic heterocycles. The van der Waals surface area contributed by atoms with Crippen molar-refractivity contribution in [3.63, 3.8) is 0 Å². The van der Waals surface area contributed by atoms with Gasteiger partial charge in [0.2, 0.25) is 5.91 Å². The Kier molecular flexibility index (Phi) is 4.69. The van der Waals surface area contributed by atoms with Crippen LogP contribution in [0.4, 0.5) is 4.79 Å². The zero-order chi connectivity index (χ0) is 17.1. The van der Waals surface area contributed by atoms with E-state index in [0.717, 1.165) is 11.3 Å². The molecule has 5 nitrogen and oxygen atoms in total. The van der Waals surface area contributed by atoms with Gasteiger partial charge in [-0.05, 0) is 31.0 Å². The average molecular weight is 327 g/mol. The summed E-state index contributed by atoms with van der Waals surface area (Å²) in [5.74, 6) is 0.237. The third kappa shape index (κ3) is 3.07.